The number of hydrogen-bond donors (Lipinski definition) is 1. The van der Waals surface area contributed by atoms with E-state index in [-0.39, 0.29) is 0 Å². The van der Waals surface area contributed by atoms with Gasteiger partial charge in [0.2, 0.25) is 0 Å². The Hall–Kier alpha value is -2.10. The highest BCUT2D eigenvalue weighted by Crippen LogP contribution is 2.28. The number of aryl methyl sites for hydroxylation is 1. The fourth-order valence-electron chi connectivity index (χ4n) is 2.31. The van der Waals surface area contributed by atoms with Gasteiger partial charge >= 0.3 is 0 Å². The fraction of sp³-hybridized carbons (Fsp3) is 0.167. The van der Waals surface area contributed by atoms with Crippen LogP contribution in [0, 0.1) is 6.92 Å². The van der Waals surface area contributed by atoms with Crippen molar-refractivity contribution in [3.63, 3.8) is 0 Å². The van der Waals surface area contributed by atoms with Crippen molar-refractivity contribution in [1.82, 2.24) is 10.3 Å². The Labute approximate surface area is 135 Å². The van der Waals surface area contributed by atoms with E-state index in [1.54, 1.807) is 6.20 Å². The Morgan fingerprint density at radius 2 is 2.05 bits per heavy atom. The third kappa shape index (κ3) is 3.56. The van der Waals surface area contributed by atoms with Crippen LogP contribution in [0.15, 0.2) is 59.3 Å². The normalized spacial score (nSPS) is 10.8. The van der Waals surface area contributed by atoms with Gasteiger partial charge in [-0.25, -0.2) is 0 Å². The summed E-state index contributed by atoms with van der Waals surface area (Å²) in [6, 6.07) is 13.8. The van der Waals surface area contributed by atoms with Crippen LogP contribution in [0.25, 0.3) is 11.3 Å². The number of hydrogen-bond acceptors (Lipinski definition) is 3. The summed E-state index contributed by atoms with van der Waals surface area (Å²) in [6.07, 6.45) is 3.63. The van der Waals surface area contributed by atoms with Gasteiger partial charge in [0.25, 0.3) is 0 Å². The second-order valence-electron chi connectivity index (χ2n) is 5.19. The molecule has 3 nitrogen and oxygen atoms in total. The van der Waals surface area contributed by atoms with Crippen LogP contribution in [0.3, 0.4) is 0 Å². The lowest BCUT2D eigenvalue weighted by Crippen LogP contribution is -2.12. The Bertz CT molecular complexity index is 753. The molecule has 1 aromatic carbocycles. The van der Waals surface area contributed by atoms with Gasteiger partial charge in [-0.3, -0.25) is 4.98 Å². The molecule has 0 spiro atoms. The first-order valence-electron chi connectivity index (χ1n) is 7.17. The number of rotatable bonds is 5. The number of pyridine rings is 1. The van der Waals surface area contributed by atoms with Crippen molar-refractivity contribution < 1.29 is 4.42 Å². The molecule has 3 rings (SSSR count). The molecule has 112 valence electrons. The van der Waals surface area contributed by atoms with Gasteiger partial charge in [-0.2, -0.15) is 0 Å². The van der Waals surface area contributed by atoms with E-state index >= 15 is 0 Å². The molecule has 0 amide bonds. The summed E-state index contributed by atoms with van der Waals surface area (Å²) in [5, 5.41) is 4.06. The predicted molar refractivity (Wildman–Crippen MR) is 88.7 cm³/mol. The third-order valence-electron chi connectivity index (χ3n) is 3.48. The van der Waals surface area contributed by atoms with E-state index in [2.05, 4.69) is 17.2 Å². The predicted octanol–water partition coefficient (Wildman–Crippen LogP) is 4.59. The first kappa shape index (κ1) is 14.8. The van der Waals surface area contributed by atoms with E-state index in [0.29, 0.717) is 11.6 Å². The molecule has 0 saturated carbocycles. The molecule has 0 saturated heterocycles. The molecular formula is C18H17ClN2O. The molecule has 1 N–H and O–H groups in total. The first-order chi connectivity index (χ1) is 10.7. The van der Waals surface area contributed by atoms with Crippen LogP contribution in [-0.2, 0) is 13.1 Å². The molecule has 0 aliphatic heterocycles. The number of nitrogens with one attached hydrogen (secondary N) is 1. The summed E-state index contributed by atoms with van der Waals surface area (Å²) in [6.45, 7) is 3.49. The lowest BCUT2D eigenvalue weighted by Gasteiger charge is -2.04. The Balaban J connectivity index is 1.65. The number of furan rings is 1. The van der Waals surface area contributed by atoms with Gasteiger partial charge in [0.05, 0.1) is 6.54 Å². The molecule has 0 aliphatic carbocycles. The van der Waals surface area contributed by atoms with Gasteiger partial charge in [0.1, 0.15) is 11.5 Å². The van der Waals surface area contributed by atoms with Crippen molar-refractivity contribution in [2.45, 2.75) is 20.0 Å². The van der Waals surface area contributed by atoms with Crippen LogP contribution >= 0.6 is 11.6 Å². The van der Waals surface area contributed by atoms with Crippen molar-refractivity contribution in [2.75, 3.05) is 0 Å². The molecule has 4 heteroatoms. The number of halogens is 1. The summed E-state index contributed by atoms with van der Waals surface area (Å²) >= 11 is 6.07. The monoisotopic (exact) mass is 312 g/mol. The first-order valence-corrected chi connectivity index (χ1v) is 7.55. The van der Waals surface area contributed by atoms with E-state index in [9.17, 15) is 0 Å². The summed E-state index contributed by atoms with van der Waals surface area (Å²) in [5.41, 5.74) is 3.33. The topological polar surface area (TPSA) is 38.1 Å². The largest absolute Gasteiger partial charge is 0.460 e. The maximum absolute atomic E-state index is 6.07. The highest BCUT2D eigenvalue weighted by molar-refractivity contribution is 6.30. The highest BCUT2D eigenvalue weighted by Gasteiger charge is 2.08. The highest BCUT2D eigenvalue weighted by atomic mass is 35.5. The van der Waals surface area contributed by atoms with Gasteiger partial charge in [-0.05, 0) is 48.4 Å². The van der Waals surface area contributed by atoms with E-state index in [1.807, 2.05) is 48.7 Å². The molecule has 0 unspecified atom stereocenters. The summed E-state index contributed by atoms with van der Waals surface area (Å²) < 4.78 is 5.91. The zero-order valence-electron chi connectivity index (χ0n) is 12.3. The molecule has 22 heavy (non-hydrogen) atoms. The Morgan fingerprint density at radius 3 is 2.86 bits per heavy atom. The minimum absolute atomic E-state index is 0.675. The molecule has 0 atom stereocenters. The zero-order valence-corrected chi connectivity index (χ0v) is 13.1. The standard InChI is InChI=1S/C18H17ClN2O/c1-13-4-5-15(19)9-17(13)18-7-6-16(22-18)12-21-11-14-3-2-8-20-10-14/h2-10,21H,11-12H2,1H3. The van der Waals surface area contributed by atoms with Crippen molar-refractivity contribution in [2.24, 2.45) is 0 Å². The van der Waals surface area contributed by atoms with E-state index < -0.39 is 0 Å². The molecule has 3 aromatic rings. The van der Waals surface area contributed by atoms with E-state index in [4.69, 9.17) is 16.0 Å². The minimum atomic E-state index is 0.675. The molecular weight excluding hydrogens is 296 g/mol. The maximum Gasteiger partial charge on any atom is 0.134 e. The second-order valence-corrected chi connectivity index (χ2v) is 5.63. The minimum Gasteiger partial charge on any atom is -0.460 e. The third-order valence-corrected chi connectivity index (χ3v) is 3.71. The van der Waals surface area contributed by atoms with Gasteiger partial charge in [0, 0.05) is 29.5 Å². The number of aromatic nitrogens is 1. The summed E-state index contributed by atoms with van der Waals surface area (Å²) in [5.74, 6) is 1.75. The van der Waals surface area contributed by atoms with Crippen LogP contribution in [0.1, 0.15) is 16.9 Å². The fourth-order valence-corrected chi connectivity index (χ4v) is 2.48. The van der Waals surface area contributed by atoms with Crippen LogP contribution in [0.2, 0.25) is 5.02 Å². The SMILES string of the molecule is Cc1ccc(Cl)cc1-c1ccc(CNCc2cccnc2)o1. The Kier molecular flexibility index (Phi) is 4.56. The molecule has 0 aliphatic rings. The van der Waals surface area contributed by atoms with Gasteiger partial charge < -0.3 is 9.73 Å². The van der Waals surface area contributed by atoms with E-state index in [0.717, 1.165) is 34.8 Å². The van der Waals surface area contributed by atoms with Crippen molar-refractivity contribution in [3.8, 4) is 11.3 Å². The van der Waals surface area contributed by atoms with Gasteiger partial charge in [-0.15, -0.1) is 0 Å². The average Bonchev–Trinajstić information content (AvgIpc) is 2.99. The molecule has 2 heterocycles. The van der Waals surface area contributed by atoms with Crippen molar-refractivity contribution in [1.29, 1.82) is 0 Å². The maximum atomic E-state index is 6.07. The molecule has 0 bridgehead atoms. The zero-order chi connectivity index (χ0) is 15.4. The van der Waals surface area contributed by atoms with Crippen LogP contribution in [-0.4, -0.2) is 4.98 Å². The van der Waals surface area contributed by atoms with Crippen molar-refractivity contribution in [3.05, 3.63) is 76.8 Å². The van der Waals surface area contributed by atoms with Gasteiger partial charge in [-0.1, -0.05) is 23.7 Å². The lowest BCUT2D eigenvalue weighted by atomic mass is 10.1. The lowest BCUT2D eigenvalue weighted by molar-refractivity contribution is 0.493. The number of nitrogens with zero attached hydrogens (tertiary/aromatic N) is 1. The van der Waals surface area contributed by atoms with E-state index in [1.165, 1.54) is 0 Å². The van der Waals surface area contributed by atoms with Crippen LogP contribution in [0.5, 0.6) is 0 Å². The molecule has 0 radical (unpaired) electrons. The number of benzene rings is 1. The summed E-state index contributed by atoms with van der Waals surface area (Å²) in [7, 11) is 0. The quantitative estimate of drug-likeness (QED) is 0.748. The van der Waals surface area contributed by atoms with Crippen LogP contribution in [0.4, 0.5) is 0 Å². The van der Waals surface area contributed by atoms with Gasteiger partial charge in [0.15, 0.2) is 0 Å². The van der Waals surface area contributed by atoms with Crippen LogP contribution < -0.4 is 5.32 Å². The molecule has 2 aromatic heterocycles. The average molecular weight is 313 g/mol. The smallest absolute Gasteiger partial charge is 0.134 e. The van der Waals surface area contributed by atoms with Crippen molar-refractivity contribution >= 4 is 11.6 Å². The Morgan fingerprint density at radius 1 is 1.14 bits per heavy atom. The molecule has 0 fully saturated rings. The second kappa shape index (κ2) is 6.77. The summed E-state index contributed by atoms with van der Waals surface area (Å²) in [4.78, 5) is 4.10.